The quantitative estimate of drug-likeness (QED) is 0.716. The van der Waals surface area contributed by atoms with E-state index in [9.17, 15) is 9.18 Å². The topological polar surface area (TPSA) is 69.6 Å². The van der Waals surface area contributed by atoms with Crippen LogP contribution in [0.4, 0.5) is 10.1 Å². The van der Waals surface area contributed by atoms with E-state index < -0.39 is 11.8 Å². The Bertz CT molecular complexity index is 381. The first-order valence-corrected chi connectivity index (χ1v) is 4.95. The van der Waals surface area contributed by atoms with Crippen LogP contribution in [-0.2, 0) is 0 Å². The van der Waals surface area contributed by atoms with Crippen molar-refractivity contribution < 1.29 is 19.4 Å². The largest absolute Gasteiger partial charge is 0.478 e. The van der Waals surface area contributed by atoms with Crippen molar-refractivity contribution in [3.63, 3.8) is 0 Å². The molecule has 1 aromatic carbocycles. The molecule has 0 aliphatic heterocycles. The molecule has 1 aromatic rings. The van der Waals surface area contributed by atoms with E-state index in [0.29, 0.717) is 6.42 Å². The van der Waals surface area contributed by atoms with Gasteiger partial charge in [-0.15, -0.1) is 0 Å². The number of aliphatic hydroxyl groups is 1. The van der Waals surface area contributed by atoms with Gasteiger partial charge in [0.25, 0.3) is 0 Å². The van der Waals surface area contributed by atoms with Gasteiger partial charge in [-0.2, -0.15) is 0 Å². The van der Waals surface area contributed by atoms with E-state index in [-0.39, 0.29) is 23.9 Å². The van der Waals surface area contributed by atoms with Crippen LogP contribution in [0.5, 0.6) is 0 Å². The average Bonchev–Trinajstić information content (AvgIpc) is 2.21. The van der Waals surface area contributed by atoms with Crippen LogP contribution in [0.1, 0.15) is 23.7 Å². The van der Waals surface area contributed by atoms with Gasteiger partial charge in [0.05, 0.1) is 11.3 Å². The van der Waals surface area contributed by atoms with Crippen molar-refractivity contribution in [3.8, 4) is 0 Å². The molecule has 1 atom stereocenters. The summed E-state index contributed by atoms with van der Waals surface area (Å²) in [5.74, 6) is -1.79. The van der Waals surface area contributed by atoms with Crippen LogP contribution in [0.25, 0.3) is 0 Å². The minimum absolute atomic E-state index is 0.0315. The van der Waals surface area contributed by atoms with Crippen molar-refractivity contribution in [2.45, 2.75) is 19.4 Å². The molecule has 0 spiro atoms. The van der Waals surface area contributed by atoms with Gasteiger partial charge in [0, 0.05) is 12.6 Å². The van der Waals surface area contributed by atoms with Gasteiger partial charge in [0.1, 0.15) is 5.82 Å². The standard InChI is InChI=1S/C11H14FNO3/c1-7(5-6-14)13-10-8(11(15)16)3-2-4-9(10)12/h2-4,7,13-14H,5-6H2,1H3,(H,15,16). The highest BCUT2D eigenvalue weighted by Gasteiger charge is 2.15. The Kier molecular flexibility index (Phi) is 4.25. The number of anilines is 1. The number of carboxylic acids is 1. The van der Waals surface area contributed by atoms with Gasteiger partial charge in [-0.1, -0.05) is 6.07 Å². The molecular formula is C11H14FNO3. The lowest BCUT2D eigenvalue weighted by molar-refractivity contribution is 0.0697. The predicted octanol–water partition coefficient (Wildman–Crippen LogP) is 1.71. The molecule has 0 radical (unpaired) electrons. The van der Waals surface area contributed by atoms with Crippen LogP contribution in [0, 0.1) is 5.82 Å². The van der Waals surface area contributed by atoms with E-state index in [0.717, 1.165) is 0 Å². The number of nitrogens with one attached hydrogen (secondary N) is 1. The van der Waals surface area contributed by atoms with Gasteiger partial charge in [-0.3, -0.25) is 0 Å². The number of aromatic carboxylic acids is 1. The zero-order valence-electron chi connectivity index (χ0n) is 8.90. The van der Waals surface area contributed by atoms with Crippen LogP contribution >= 0.6 is 0 Å². The second kappa shape index (κ2) is 5.46. The number of hydrogen-bond acceptors (Lipinski definition) is 3. The summed E-state index contributed by atoms with van der Waals surface area (Å²) in [6, 6.07) is 3.68. The molecular weight excluding hydrogens is 213 g/mol. The van der Waals surface area contributed by atoms with Crippen LogP contribution in [0.2, 0.25) is 0 Å². The second-order valence-corrected chi connectivity index (χ2v) is 3.53. The first-order valence-electron chi connectivity index (χ1n) is 4.95. The maximum absolute atomic E-state index is 13.4. The minimum atomic E-state index is -1.18. The lowest BCUT2D eigenvalue weighted by Gasteiger charge is -2.16. The van der Waals surface area contributed by atoms with Crippen LogP contribution in [0.15, 0.2) is 18.2 Å². The Morgan fingerprint density at radius 2 is 2.25 bits per heavy atom. The molecule has 0 amide bonds. The van der Waals surface area contributed by atoms with Gasteiger partial charge in [0.15, 0.2) is 0 Å². The van der Waals surface area contributed by atoms with Crippen molar-refractivity contribution in [1.29, 1.82) is 0 Å². The molecule has 4 nitrogen and oxygen atoms in total. The highest BCUT2D eigenvalue weighted by Crippen LogP contribution is 2.21. The van der Waals surface area contributed by atoms with Gasteiger partial charge in [-0.25, -0.2) is 9.18 Å². The number of hydrogen-bond donors (Lipinski definition) is 3. The lowest BCUT2D eigenvalue weighted by atomic mass is 10.1. The van der Waals surface area contributed by atoms with E-state index in [1.54, 1.807) is 6.92 Å². The minimum Gasteiger partial charge on any atom is -0.478 e. The summed E-state index contributed by atoms with van der Waals surface area (Å²) in [5, 5.41) is 20.3. The summed E-state index contributed by atoms with van der Waals surface area (Å²) in [6.45, 7) is 1.71. The van der Waals surface area contributed by atoms with Crippen molar-refractivity contribution in [2.75, 3.05) is 11.9 Å². The number of carboxylic acid groups (broad SMARTS) is 1. The van der Waals surface area contributed by atoms with Crippen LogP contribution < -0.4 is 5.32 Å². The van der Waals surface area contributed by atoms with Crippen molar-refractivity contribution in [1.82, 2.24) is 0 Å². The lowest BCUT2D eigenvalue weighted by Crippen LogP contribution is -2.19. The number of halogens is 1. The summed E-state index contributed by atoms with van der Waals surface area (Å²) in [4.78, 5) is 10.9. The molecule has 0 saturated heterocycles. The third-order valence-corrected chi connectivity index (χ3v) is 2.20. The Labute approximate surface area is 92.7 Å². The van der Waals surface area contributed by atoms with E-state index in [2.05, 4.69) is 5.32 Å². The van der Waals surface area contributed by atoms with Crippen molar-refractivity contribution in [3.05, 3.63) is 29.6 Å². The smallest absolute Gasteiger partial charge is 0.337 e. The number of aliphatic hydroxyl groups excluding tert-OH is 1. The molecule has 0 saturated carbocycles. The summed E-state index contributed by atoms with van der Waals surface area (Å²) in [6.07, 6.45) is 0.424. The van der Waals surface area contributed by atoms with Crippen LogP contribution in [0.3, 0.4) is 0 Å². The predicted molar refractivity (Wildman–Crippen MR) is 58.1 cm³/mol. The first-order chi connectivity index (χ1) is 7.56. The Morgan fingerprint density at radius 3 is 2.81 bits per heavy atom. The SMILES string of the molecule is CC(CCO)Nc1c(F)cccc1C(=O)O. The summed E-state index contributed by atoms with van der Waals surface area (Å²) in [7, 11) is 0. The number of carbonyl (C=O) groups is 1. The first kappa shape index (κ1) is 12.4. The molecule has 1 rings (SSSR count). The molecule has 0 fully saturated rings. The van der Waals surface area contributed by atoms with Gasteiger partial charge in [0.2, 0.25) is 0 Å². The molecule has 0 heterocycles. The highest BCUT2D eigenvalue weighted by atomic mass is 19.1. The van der Waals surface area contributed by atoms with Crippen molar-refractivity contribution in [2.24, 2.45) is 0 Å². The summed E-state index contributed by atoms with van der Waals surface area (Å²) < 4.78 is 13.4. The Balaban J connectivity index is 2.97. The Hall–Kier alpha value is -1.62. The van der Waals surface area contributed by atoms with E-state index in [1.807, 2.05) is 0 Å². The molecule has 88 valence electrons. The third kappa shape index (κ3) is 2.93. The summed E-state index contributed by atoms with van der Waals surface area (Å²) >= 11 is 0. The van der Waals surface area contributed by atoms with E-state index in [1.165, 1.54) is 18.2 Å². The molecule has 16 heavy (non-hydrogen) atoms. The third-order valence-electron chi connectivity index (χ3n) is 2.20. The fourth-order valence-electron chi connectivity index (χ4n) is 1.36. The maximum atomic E-state index is 13.4. The van der Waals surface area contributed by atoms with E-state index >= 15 is 0 Å². The van der Waals surface area contributed by atoms with Crippen molar-refractivity contribution >= 4 is 11.7 Å². The molecule has 0 bridgehead atoms. The number of para-hydroxylation sites is 1. The number of benzene rings is 1. The maximum Gasteiger partial charge on any atom is 0.337 e. The zero-order chi connectivity index (χ0) is 12.1. The highest BCUT2D eigenvalue weighted by molar-refractivity contribution is 5.94. The number of rotatable bonds is 5. The normalized spacial score (nSPS) is 12.2. The fraction of sp³-hybridized carbons (Fsp3) is 0.364. The van der Waals surface area contributed by atoms with Gasteiger partial charge >= 0.3 is 5.97 Å². The molecule has 1 unspecified atom stereocenters. The Morgan fingerprint density at radius 1 is 1.56 bits per heavy atom. The molecule has 3 N–H and O–H groups in total. The molecule has 0 aliphatic carbocycles. The zero-order valence-corrected chi connectivity index (χ0v) is 8.90. The second-order valence-electron chi connectivity index (χ2n) is 3.53. The van der Waals surface area contributed by atoms with Gasteiger partial charge < -0.3 is 15.5 Å². The fourth-order valence-corrected chi connectivity index (χ4v) is 1.36. The van der Waals surface area contributed by atoms with Crippen LogP contribution in [-0.4, -0.2) is 28.8 Å². The average molecular weight is 227 g/mol. The monoisotopic (exact) mass is 227 g/mol. The van der Waals surface area contributed by atoms with E-state index in [4.69, 9.17) is 10.2 Å². The summed E-state index contributed by atoms with van der Waals surface area (Å²) in [5.41, 5.74) is -0.138. The molecule has 5 heteroatoms. The molecule has 0 aromatic heterocycles. The molecule has 0 aliphatic rings. The van der Waals surface area contributed by atoms with Gasteiger partial charge in [-0.05, 0) is 25.5 Å².